The highest BCUT2D eigenvalue weighted by atomic mass is 19.1. The Hall–Kier alpha value is -2.17. The number of aromatic amines is 1. The number of nitrogens with zero attached hydrogens (tertiary/aromatic N) is 2. The van der Waals surface area contributed by atoms with Crippen LogP contribution in [0.4, 0.5) is 4.39 Å². The van der Waals surface area contributed by atoms with E-state index in [1.54, 1.807) is 6.07 Å². The van der Waals surface area contributed by atoms with E-state index in [9.17, 15) is 9.18 Å². The third kappa shape index (κ3) is 4.96. The predicted octanol–water partition coefficient (Wildman–Crippen LogP) is 4.97. The lowest BCUT2D eigenvalue weighted by atomic mass is 9.87. The molecule has 1 fully saturated rings. The molecule has 4 nitrogen and oxygen atoms in total. The summed E-state index contributed by atoms with van der Waals surface area (Å²) in [5.74, 6) is 0.0653. The summed E-state index contributed by atoms with van der Waals surface area (Å²) in [7, 11) is 1.94. The molecule has 0 spiro atoms. The van der Waals surface area contributed by atoms with Crippen LogP contribution in [0.15, 0.2) is 30.3 Å². The first kappa shape index (κ1) is 19.6. The van der Waals surface area contributed by atoms with E-state index >= 15 is 0 Å². The van der Waals surface area contributed by atoms with Crippen LogP contribution in [-0.2, 0) is 11.2 Å². The molecule has 3 rings (SSSR count). The highest BCUT2D eigenvalue weighted by Gasteiger charge is 2.37. The molecule has 1 amide bonds. The van der Waals surface area contributed by atoms with Gasteiger partial charge < -0.3 is 4.90 Å². The van der Waals surface area contributed by atoms with Crippen molar-refractivity contribution >= 4 is 5.91 Å². The van der Waals surface area contributed by atoms with Crippen LogP contribution in [0.25, 0.3) is 11.3 Å². The Kier molecular flexibility index (Phi) is 6.30. The maximum Gasteiger partial charge on any atom is 0.228 e. The molecule has 27 heavy (non-hydrogen) atoms. The van der Waals surface area contributed by atoms with E-state index in [0.717, 1.165) is 62.0 Å². The fraction of sp³-hybridized carbons (Fsp3) is 0.545. The van der Waals surface area contributed by atoms with Crippen molar-refractivity contribution in [1.82, 2.24) is 15.1 Å². The number of hydrogen-bond acceptors (Lipinski definition) is 2. The molecule has 1 saturated carbocycles. The van der Waals surface area contributed by atoms with Gasteiger partial charge in [-0.3, -0.25) is 9.89 Å². The van der Waals surface area contributed by atoms with E-state index in [2.05, 4.69) is 17.1 Å². The van der Waals surface area contributed by atoms with Crippen molar-refractivity contribution < 1.29 is 9.18 Å². The second-order valence-corrected chi connectivity index (χ2v) is 8.09. The molecule has 146 valence electrons. The summed E-state index contributed by atoms with van der Waals surface area (Å²) < 4.78 is 13.3. The molecule has 1 aliphatic rings. The van der Waals surface area contributed by atoms with Gasteiger partial charge in [-0.2, -0.15) is 5.10 Å². The highest BCUT2D eigenvalue weighted by molar-refractivity contribution is 5.82. The zero-order valence-corrected chi connectivity index (χ0v) is 16.4. The third-order valence-corrected chi connectivity index (χ3v) is 5.76. The Bertz CT molecular complexity index is 764. The molecule has 0 saturated heterocycles. The largest absolute Gasteiger partial charge is 0.345 e. The summed E-state index contributed by atoms with van der Waals surface area (Å²) in [5, 5.41) is 7.33. The van der Waals surface area contributed by atoms with Gasteiger partial charge in [-0.05, 0) is 50.3 Å². The molecule has 1 N–H and O–H groups in total. The monoisotopic (exact) mass is 371 g/mol. The van der Waals surface area contributed by atoms with Crippen LogP contribution in [0.1, 0.15) is 57.6 Å². The van der Waals surface area contributed by atoms with E-state index in [1.165, 1.54) is 25.0 Å². The summed E-state index contributed by atoms with van der Waals surface area (Å²) in [4.78, 5) is 14.5. The van der Waals surface area contributed by atoms with Crippen molar-refractivity contribution in [2.75, 3.05) is 13.6 Å². The Morgan fingerprint density at radius 2 is 2.00 bits per heavy atom. The first-order chi connectivity index (χ1) is 13.0. The van der Waals surface area contributed by atoms with Gasteiger partial charge in [-0.1, -0.05) is 38.3 Å². The Morgan fingerprint density at radius 3 is 2.74 bits per heavy atom. The summed E-state index contributed by atoms with van der Waals surface area (Å²) in [6.07, 6.45) is 8.47. The fourth-order valence-corrected chi connectivity index (χ4v) is 4.06. The van der Waals surface area contributed by atoms with Gasteiger partial charge in [0, 0.05) is 30.3 Å². The number of hydrogen-bond donors (Lipinski definition) is 1. The Balaban J connectivity index is 1.39. The van der Waals surface area contributed by atoms with Gasteiger partial charge in [-0.15, -0.1) is 0 Å². The zero-order chi connectivity index (χ0) is 19.3. The van der Waals surface area contributed by atoms with Crippen molar-refractivity contribution in [3.8, 4) is 11.3 Å². The molecule has 2 aromatic rings. The van der Waals surface area contributed by atoms with Gasteiger partial charge >= 0.3 is 0 Å². The second kappa shape index (κ2) is 8.68. The molecule has 5 heteroatoms. The predicted molar refractivity (Wildman–Crippen MR) is 106 cm³/mol. The minimum absolute atomic E-state index is 0.127. The number of H-pyrrole nitrogens is 1. The lowest BCUT2D eigenvalue weighted by Crippen LogP contribution is -2.39. The number of unbranched alkanes of at least 4 members (excludes halogenated alkanes) is 2. The number of halogens is 1. The van der Waals surface area contributed by atoms with Crippen LogP contribution in [0.3, 0.4) is 0 Å². The van der Waals surface area contributed by atoms with E-state index in [-0.39, 0.29) is 11.2 Å². The van der Waals surface area contributed by atoms with Crippen LogP contribution in [0, 0.1) is 11.2 Å². The van der Waals surface area contributed by atoms with Gasteiger partial charge in [0.15, 0.2) is 0 Å². The van der Waals surface area contributed by atoms with Gasteiger partial charge in [-0.25, -0.2) is 4.39 Å². The maximum atomic E-state index is 13.3. The molecule has 1 heterocycles. The van der Waals surface area contributed by atoms with Crippen LogP contribution < -0.4 is 0 Å². The fourth-order valence-electron chi connectivity index (χ4n) is 4.06. The molecule has 0 atom stereocenters. The minimum atomic E-state index is -0.248. The Labute approximate surface area is 161 Å². The van der Waals surface area contributed by atoms with Gasteiger partial charge in [0.25, 0.3) is 0 Å². The number of nitrogens with one attached hydrogen (secondary N) is 1. The lowest BCUT2D eigenvalue weighted by molar-refractivity contribution is -0.139. The molecular formula is C22H30FN3O. The number of carbonyl (C=O) groups is 1. The summed E-state index contributed by atoms with van der Waals surface area (Å²) in [5.41, 5.74) is 2.51. The van der Waals surface area contributed by atoms with Gasteiger partial charge in [0.05, 0.1) is 5.69 Å². The van der Waals surface area contributed by atoms with Crippen molar-refractivity contribution in [3.63, 3.8) is 0 Å². The van der Waals surface area contributed by atoms with Crippen molar-refractivity contribution in [3.05, 3.63) is 41.8 Å². The number of benzene rings is 1. The summed E-state index contributed by atoms with van der Waals surface area (Å²) in [6, 6.07) is 8.48. The van der Waals surface area contributed by atoms with E-state index in [4.69, 9.17) is 0 Å². The molecule has 0 bridgehead atoms. The molecule has 0 unspecified atom stereocenters. The Morgan fingerprint density at radius 1 is 1.22 bits per heavy atom. The topological polar surface area (TPSA) is 49.0 Å². The van der Waals surface area contributed by atoms with Gasteiger partial charge in [0.2, 0.25) is 5.91 Å². The first-order valence-corrected chi connectivity index (χ1v) is 10.0. The van der Waals surface area contributed by atoms with E-state index in [1.807, 2.05) is 24.1 Å². The molecule has 1 aliphatic carbocycles. The third-order valence-electron chi connectivity index (χ3n) is 5.76. The average Bonchev–Trinajstić information content (AvgIpc) is 3.30. The molecular weight excluding hydrogens is 341 g/mol. The first-order valence-electron chi connectivity index (χ1n) is 10.0. The van der Waals surface area contributed by atoms with Crippen LogP contribution >= 0.6 is 0 Å². The maximum absolute atomic E-state index is 13.3. The standard InChI is InChI=1S/C22H30FN3O/c1-22(12-5-6-13-22)21(27)26(2)14-7-3-4-11-19-16-20(25-24-19)17-9-8-10-18(23)15-17/h8-10,15-16H,3-7,11-14H2,1-2H3,(H,24,25). The lowest BCUT2D eigenvalue weighted by Gasteiger charge is -2.28. The van der Waals surface area contributed by atoms with Crippen LogP contribution in [0.5, 0.6) is 0 Å². The average molecular weight is 372 g/mol. The number of carbonyl (C=O) groups excluding carboxylic acids is 1. The zero-order valence-electron chi connectivity index (χ0n) is 16.4. The summed E-state index contributed by atoms with van der Waals surface area (Å²) in [6.45, 7) is 2.94. The SMILES string of the molecule is CN(CCCCCc1cc(-c2cccc(F)c2)n[nH]1)C(=O)C1(C)CCCC1. The van der Waals surface area contributed by atoms with Crippen LogP contribution in [-0.4, -0.2) is 34.6 Å². The minimum Gasteiger partial charge on any atom is -0.345 e. The molecule has 1 aromatic carbocycles. The second-order valence-electron chi connectivity index (χ2n) is 8.09. The number of aromatic nitrogens is 2. The van der Waals surface area contributed by atoms with Crippen molar-refractivity contribution in [2.24, 2.45) is 5.41 Å². The normalized spacial score (nSPS) is 15.8. The van der Waals surface area contributed by atoms with E-state index < -0.39 is 0 Å². The molecule has 1 aromatic heterocycles. The number of amides is 1. The smallest absolute Gasteiger partial charge is 0.228 e. The quantitative estimate of drug-likeness (QED) is 0.666. The summed E-state index contributed by atoms with van der Waals surface area (Å²) >= 11 is 0. The number of rotatable bonds is 8. The molecule has 0 radical (unpaired) electrons. The van der Waals surface area contributed by atoms with Crippen LogP contribution in [0.2, 0.25) is 0 Å². The van der Waals surface area contributed by atoms with Gasteiger partial charge in [0.1, 0.15) is 5.82 Å². The molecule has 0 aliphatic heterocycles. The van der Waals surface area contributed by atoms with Crippen molar-refractivity contribution in [1.29, 1.82) is 0 Å². The number of aryl methyl sites for hydroxylation is 1. The van der Waals surface area contributed by atoms with E-state index in [0.29, 0.717) is 5.91 Å². The highest BCUT2D eigenvalue weighted by Crippen LogP contribution is 2.38. The van der Waals surface area contributed by atoms with Crippen molar-refractivity contribution in [2.45, 2.75) is 58.3 Å².